The number of hydrogen-bond acceptors (Lipinski definition) is 1. The quantitative estimate of drug-likeness (QED) is 0.403. The second-order valence-electron chi connectivity index (χ2n) is 5.14. The monoisotopic (exact) mass is 216 g/mol. The second kappa shape index (κ2) is 9.17. The van der Waals surface area contributed by atoms with Gasteiger partial charge in [-0.25, -0.2) is 0 Å². The molecule has 0 aliphatic rings. The summed E-state index contributed by atoms with van der Waals surface area (Å²) in [7, 11) is 6.38. The highest BCUT2D eigenvalue weighted by Gasteiger charge is 2.13. The van der Waals surface area contributed by atoms with E-state index < -0.39 is 0 Å². The number of rotatable bonds is 10. The van der Waals surface area contributed by atoms with Crippen LogP contribution >= 0.6 is 0 Å². The maximum atomic E-state index is 5.12. The fraction of sp³-hybridized carbons (Fsp3) is 1.00. The van der Waals surface area contributed by atoms with E-state index in [9.17, 15) is 0 Å². The molecule has 0 aromatic carbocycles. The summed E-state index contributed by atoms with van der Waals surface area (Å²) in [4.78, 5) is 0. The lowest BCUT2D eigenvalue weighted by Gasteiger charge is -2.29. The maximum Gasteiger partial charge on any atom is 0.102 e. The Labute approximate surface area is 96.2 Å². The maximum absolute atomic E-state index is 5.12. The Morgan fingerprint density at radius 1 is 0.867 bits per heavy atom. The molecule has 92 valence electrons. The van der Waals surface area contributed by atoms with Crippen molar-refractivity contribution in [2.45, 2.75) is 45.4 Å². The first-order chi connectivity index (χ1) is 7.12. The Bertz CT molecular complexity index is 134. The van der Waals surface area contributed by atoms with Crippen LogP contribution in [0.2, 0.25) is 0 Å². The second-order valence-corrected chi connectivity index (χ2v) is 5.14. The minimum Gasteiger partial charge on any atom is -0.379 e. The van der Waals surface area contributed by atoms with E-state index in [0.29, 0.717) is 0 Å². The number of likely N-dealkylation sites (N-methyl/N-ethyl adjacent to an activating group) is 1. The van der Waals surface area contributed by atoms with E-state index in [-0.39, 0.29) is 0 Å². The van der Waals surface area contributed by atoms with Crippen LogP contribution in [0.25, 0.3) is 0 Å². The number of ether oxygens (including phenoxy) is 1. The van der Waals surface area contributed by atoms with Gasteiger partial charge in [0, 0.05) is 7.11 Å². The Morgan fingerprint density at radius 2 is 1.47 bits per heavy atom. The Balaban J connectivity index is 3.32. The summed E-state index contributed by atoms with van der Waals surface area (Å²) in [5, 5.41) is 0. The average molecular weight is 216 g/mol. The number of unbranched alkanes of at least 4 members (excludes halogenated alkanes) is 5. The molecule has 0 aliphatic heterocycles. The van der Waals surface area contributed by atoms with Gasteiger partial charge in [-0.1, -0.05) is 32.6 Å². The van der Waals surface area contributed by atoms with Crippen molar-refractivity contribution >= 4 is 0 Å². The molecule has 0 aromatic heterocycles. The molecule has 2 heteroatoms. The first-order valence-corrected chi connectivity index (χ1v) is 6.43. The number of hydrogen-bond donors (Lipinski definition) is 0. The predicted molar refractivity (Wildman–Crippen MR) is 67.1 cm³/mol. The Kier molecular flexibility index (Phi) is 9.12. The lowest BCUT2D eigenvalue weighted by molar-refractivity contribution is -0.890. The molecule has 0 radical (unpaired) electrons. The highest BCUT2D eigenvalue weighted by atomic mass is 16.5. The zero-order valence-electron chi connectivity index (χ0n) is 11.2. The summed E-state index contributed by atoms with van der Waals surface area (Å²) in [5.74, 6) is 0. The molecular weight excluding hydrogens is 186 g/mol. The van der Waals surface area contributed by atoms with Crippen molar-refractivity contribution in [3.63, 3.8) is 0 Å². The van der Waals surface area contributed by atoms with Crippen LogP contribution in [-0.4, -0.2) is 45.4 Å². The molecule has 0 unspecified atom stereocenters. The van der Waals surface area contributed by atoms with Crippen LogP contribution < -0.4 is 0 Å². The van der Waals surface area contributed by atoms with Crippen molar-refractivity contribution < 1.29 is 9.22 Å². The van der Waals surface area contributed by atoms with Crippen LogP contribution in [0.15, 0.2) is 0 Å². The Hall–Kier alpha value is -0.0800. The van der Waals surface area contributed by atoms with Gasteiger partial charge in [0.05, 0.1) is 27.2 Å². The van der Waals surface area contributed by atoms with E-state index >= 15 is 0 Å². The van der Waals surface area contributed by atoms with Crippen molar-refractivity contribution in [2.75, 3.05) is 40.9 Å². The first kappa shape index (κ1) is 14.9. The third-order valence-corrected chi connectivity index (χ3v) is 3.02. The minimum absolute atomic E-state index is 0.878. The first-order valence-electron chi connectivity index (χ1n) is 6.43. The van der Waals surface area contributed by atoms with Crippen LogP contribution in [-0.2, 0) is 4.74 Å². The van der Waals surface area contributed by atoms with E-state index in [4.69, 9.17) is 4.74 Å². The third kappa shape index (κ3) is 10.2. The molecule has 0 heterocycles. The molecule has 0 spiro atoms. The van der Waals surface area contributed by atoms with Crippen molar-refractivity contribution in [1.82, 2.24) is 0 Å². The molecule has 0 bridgehead atoms. The molecule has 0 fully saturated rings. The largest absolute Gasteiger partial charge is 0.379 e. The lowest BCUT2D eigenvalue weighted by Crippen LogP contribution is -2.42. The Morgan fingerprint density at radius 3 is 2.07 bits per heavy atom. The third-order valence-electron chi connectivity index (χ3n) is 3.02. The molecule has 0 aromatic rings. The zero-order chi connectivity index (χ0) is 11.6. The normalized spacial score (nSPS) is 12.0. The molecule has 0 rings (SSSR count). The molecule has 0 aliphatic carbocycles. The van der Waals surface area contributed by atoms with Crippen LogP contribution in [0.5, 0.6) is 0 Å². The molecule has 0 amide bonds. The molecular formula is C13H30NO+. The SMILES string of the molecule is CCCCCCCC[N+](C)(C)CCOC. The summed E-state index contributed by atoms with van der Waals surface area (Å²) in [6.07, 6.45) is 8.34. The van der Waals surface area contributed by atoms with Gasteiger partial charge in [-0.05, 0) is 12.8 Å². The summed E-state index contributed by atoms with van der Waals surface area (Å²) < 4.78 is 6.22. The van der Waals surface area contributed by atoms with E-state index in [1.165, 1.54) is 45.1 Å². The van der Waals surface area contributed by atoms with Gasteiger partial charge < -0.3 is 9.22 Å². The molecule has 15 heavy (non-hydrogen) atoms. The average Bonchev–Trinajstić information content (AvgIpc) is 2.20. The van der Waals surface area contributed by atoms with E-state index in [1.54, 1.807) is 7.11 Å². The highest BCUT2D eigenvalue weighted by Crippen LogP contribution is 2.07. The molecule has 0 N–H and O–H groups in total. The van der Waals surface area contributed by atoms with Gasteiger partial charge in [0.2, 0.25) is 0 Å². The number of methoxy groups -OCH3 is 1. The van der Waals surface area contributed by atoms with E-state index in [1.807, 2.05) is 0 Å². The molecule has 0 saturated heterocycles. The van der Waals surface area contributed by atoms with Crippen LogP contribution in [0, 0.1) is 0 Å². The number of quaternary nitrogens is 1. The smallest absolute Gasteiger partial charge is 0.102 e. The predicted octanol–water partition coefficient (Wildman–Crippen LogP) is 3.07. The van der Waals surface area contributed by atoms with Crippen LogP contribution in [0.3, 0.4) is 0 Å². The highest BCUT2D eigenvalue weighted by molar-refractivity contribution is 4.44. The molecule has 2 nitrogen and oxygen atoms in total. The van der Waals surface area contributed by atoms with Crippen molar-refractivity contribution in [3.05, 3.63) is 0 Å². The number of nitrogens with zero attached hydrogens (tertiary/aromatic N) is 1. The summed E-state index contributed by atoms with van der Waals surface area (Å²) in [5.41, 5.74) is 0. The van der Waals surface area contributed by atoms with Crippen molar-refractivity contribution in [3.8, 4) is 0 Å². The minimum atomic E-state index is 0.878. The van der Waals surface area contributed by atoms with E-state index in [0.717, 1.165) is 17.6 Å². The summed E-state index contributed by atoms with van der Waals surface area (Å²) in [6, 6.07) is 0. The van der Waals surface area contributed by atoms with Crippen molar-refractivity contribution in [1.29, 1.82) is 0 Å². The molecule has 0 saturated carbocycles. The van der Waals surface area contributed by atoms with Gasteiger partial charge >= 0.3 is 0 Å². The fourth-order valence-electron chi connectivity index (χ4n) is 1.77. The van der Waals surface area contributed by atoms with Gasteiger partial charge in [-0.2, -0.15) is 0 Å². The van der Waals surface area contributed by atoms with Gasteiger partial charge in [-0.3, -0.25) is 0 Å². The van der Waals surface area contributed by atoms with Gasteiger partial charge in [-0.15, -0.1) is 0 Å². The van der Waals surface area contributed by atoms with Crippen LogP contribution in [0.1, 0.15) is 45.4 Å². The standard InChI is InChI=1S/C13H30NO/c1-5-6-7-8-9-10-11-14(2,3)12-13-15-4/h5-13H2,1-4H3/q+1. The van der Waals surface area contributed by atoms with Crippen molar-refractivity contribution in [2.24, 2.45) is 0 Å². The topological polar surface area (TPSA) is 9.23 Å². The van der Waals surface area contributed by atoms with Gasteiger partial charge in [0.25, 0.3) is 0 Å². The summed E-state index contributed by atoms with van der Waals surface area (Å²) in [6.45, 7) is 5.56. The van der Waals surface area contributed by atoms with Crippen LogP contribution in [0.4, 0.5) is 0 Å². The zero-order valence-corrected chi connectivity index (χ0v) is 11.2. The van der Waals surface area contributed by atoms with Gasteiger partial charge in [0.15, 0.2) is 0 Å². The summed E-state index contributed by atoms with van der Waals surface area (Å²) >= 11 is 0. The lowest BCUT2D eigenvalue weighted by atomic mass is 10.1. The fourth-order valence-corrected chi connectivity index (χ4v) is 1.77. The van der Waals surface area contributed by atoms with E-state index in [2.05, 4.69) is 21.0 Å². The molecule has 0 atom stereocenters. The van der Waals surface area contributed by atoms with Gasteiger partial charge in [0.1, 0.15) is 6.54 Å².